The highest BCUT2D eigenvalue weighted by Crippen LogP contribution is 2.12. The molecule has 94 valence electrons. The number of ketones is 1. The molecule has 0 N–H and O–H groups in total. The van der Waals surface area contributed by atoms with Gasteiger partial charge in [-0.25, -0.2) is 0 Å². The summed E-state index contributed by atoms with van der Waals surface area (Å²) >= 11 is 0. The van der Waals surface area contributed by atoms with E-state index in [1.807, 2.05) is 19.9 Å². The van der Waals surface area contributed by atoms with E-state index in [1.54, 1.807) is 0 Å². The van der Waals surface area contributed by atoms with Crippen LogP contribution in [0.4, 0.5) is 0 Å². The first-order chi connectivity index (χ1) is 8.15. The Hall–Kier alpha value is -1.25. The standard InChI is InChI=1S/C14H22N2O/c1-4-5-6-7-8-9-14(17)13-10-11(2)15-16-12(13)3/h10H,4-9H2,1-3H3. The van der Waals surface area contributed by atoms with Crippen LogP contribution in [0.25, 0.3) is 0 Å². The molecule has 0 fully saturated rings. The van der Waals surface area contributed by atoms with Crippen molar-refractivity contribution in [3.05, 3.63) is 23.0 Å². The number of hydrogen-bond acceptors (Lipinski definition) is 3. The monoisotopic (exact) mass is 234 g/mol. The average Bonchev–Trinajstić information content (AvgIpc) is 2.32. The van der Waals surface area contributed by atoms with Crippen molar-refractivity contribution in [1.82, 2.24) is 10.2 Å². The van der Waals surface area contributed by atoms with Crippen LogP contribution < -0.4 is 0 Å². The maximum atomic E-state index is 12.0. The lowest BCUT2D eigenvalue weighted by Crippen LogP contribution is -2.05. The lowest BCUT2D eigenvalue weighted by molar-refractivity contribution is 0.0977. The molecule has 1 rings (SSSR count). The summed E-state index contributed by atoms with van der Waals surface area (Å²) in [6.07, 6.45) is 6.51. The second kappa shape index (κ2) is 7.15. The Morgan fingerprint density at radius 2 is 1.82 bits per heavy atom. The molecule has 0 radical (unpaired) electrons. The molecule has 0 bridgehead atoms. The summed E-state index contributed by atoms with van der Waals surface area (Å²) in [6.45, 7) is 5.90. The fourth-order valence-electron chi connectivity index (χ4n) is 1.86. The minimum Gasteiger partial charge on any atom is -0.294 e. The molecule has 0 aromatic carbocycles. The number of hydrogen-bond donors (Lipinski definition) is 0. The van der Waals surface area contributed by atoms with Gasteiger partial charge in [-0.2, -0.15) is 10.2 Å². The maximum absolute atomic E-state index is 12.0. The fourth-order valence-corrected chi connectivity index (χ4v) is 1.86. The van der Waals surface area contributed by atoms with Crippen LogP contribution in [0.1, 0.15) is 67.2 Å². The predicted molar refractivity (Wildman–Crippen MR) is 69.2 cm³/mol. The summed E-state index contributed by atoms with van der Waals surface area (Å²) < 4.78 is 0. The molecule has 0 spiro atoms. The molecule has 0 atom stereocenters. The van der Waals surface area contributed by atoms with E-state index >= 15 is 0 Å². The lowest BCUT2D eigenvalue weighted by atomic mass is 10.0. The zero-order valence-corrected chi connectivity index (χ0v) is 11.1. The van der Waals surface area contributed by atoms with Crippen LogP contribution in [0.2, 0.25) is 0 Å². The van der Waals surface area contributed by atoms with Gasteiger partial charge < -0.3 is 0 Å². The molecule has 1 heterocycles. The normalized spacial score (nSPS) is 10.5. The van der Waals surface area contributed by atoms with Crippen LogP contribution in [-0.4, -0.2) is 16.0 Å². The Bertz CT molecular complexity index is 374. The quantitative estimate of drug-likeness (QED) is 0.534. The van der Waals surface area contributed by atoms with E-state index in [-0.39, 0.29) is 5.78 Å². The van der Waals surface area contributed by atoms with Gasteiger partial charge in [0.15, 0.2) is 5.78 Å². The third-order valence-electron chi connectivity index (χ3n) is 2.91. The highest BCUT2D eigenvalue weighted by molar-refractivity contribution is 5.96. The third kappa shape index (κ3) is 4.63. The number of carbonyl (C=O) groups is 1. The van der Waals surface area contributed by atoms with Crippen molar-refractivity contribution in [1.29, 1.82) is 0 Å². The number of unbranched alkanes of at least 4 members (excludes halogenated alkanes) is 4. The number of Topliss-reactive ketones (excluding diaryl/α,β-unsaturated/α-hetero) is 1. The summed E-state index contributed by atoms with van der Waals surface area (Å²) in [5.74, 6) is 0.206. The van der Waals surface area contributed by atoms with E-state index in [2.05, 4.69) is 17.1 Å². The number of carbonyl (C=O) groups excluding carboxylic acids is 1. The summed E-state index contributed by atoms with van der Waals surface area (Å²) in [6, 6.07) is 1.84. The van der Waals surface area contributed by atoms with Gasteiger partial charge in [-0.1, -0.05) is 32.6 Å². The number of nitrogens with zero attached hydrogens (tertiary/aromatic N) is 2. The highest BCUT2D eigenvalue weighted by Gasteiger charge is 2.10. The van der Waals surface area contributed by atoms with Crippen molar-refractivity contribution < 1.29 is 4.79 Å². The van der Waals surface area contributed by atoms with Gasteiger partial charge in [0.1, 0.15) is 0 Å². The van der Waals surface area contributed by atoms with Gasteiger partial charge >= 0.3 is 0 Å². The van der Waals surface area contributed by atoms with Crippen molar-refractivity contribution in [2.24, 2.45) is 0 Å². The zero-order chi connectivity index (χ0) is 12.7. The summed E-state index contributed by atoms with van der Waals surface area (Å²) in [5, 5.41) is 7.93. The smallest absolute Gasteiger partial charge is 0.164 e. The Labute approximate surface area is 104 Å². The van der Waals surface area contributed by atoms with E-state index in [4.69, 9.17) is 0 Å². The van der Waals surface area contributed by atoms with Crippen LogP contribution in [0.5, 0.6) is 0 Å². The zero-order valence-electron chi connectivity index (χ0n) is 11.1. The van der Waals surface area contributed by atoms with Gasteiger partial charge in [-0.05, 0) is 26.3 Å². The van der Waals surface area contributed by atoms with E-state index in [1.165, 1.54) is 19.3 Å². The molecule has 0 amide bonds. The average molecular weight is 234 g/mol. The van der Waals surface area contributed by atoms with Crippen LogP contribution in [0.3, 0.4) is 0 Å². The second-order valence-electron chi connectivity index (χ2n) is 4.57. The van der Waals surface area contributed by atoms with E-state index in [0.717, 1.165) is 29.8 Å². The van der Waals surface area contributed by atoms with E-state index < -0.39 is 0 Å². The molecule has 3 heteroatoms. The molecule has 0 aliphatic heterocycles. The van der Waals surface area contributed by atoms with Crippen LogP contribution in [0.15, 0.2) is 6.07 Å². The SMILES string of the molecule is CCCCCCCC(=O)c1cc(C)nnc1C. The second-order valence-corrected chi connectivity index (χ2v) is 4.57. The van der Waals surface area contributed by atoms with Crippen LogP contribution in [0, 0.1) is 13.8 Å². The van der Waals surface area contributed by atoms with E-state index in [9.17, 15) is 4.79 Å². The minimum atomic E-state index is 0.206. The Kier molecular flexibility index (Phi) is 5.81. The predicted octanol–water partition coefficient (Wildman–Crippen LogP) is 3.64. The molecule has 17 heavy (non-hydrogen) atoms. The van der Waals surface area contributed by atoms with Crippen molar-refractivity contribution >= 4 is 5.78 Å². The molecule has 3 nitrogen and oxygen atoms in total. The van der Waals surface area contributed by atoms with Gasteiger partial charge in [0, 0.05) is 12.0 Å². The molecular weight excluding hydrogens is 212 g/mol. The first-order valence-corrected chi connectivity index (χ1v) is 6.49. The number of aryl methyl sites for hydroxylation is 2. The molecule has 0 aliphatic rings. The Balaban J connectivity index is 2.44. The largest absolute Gasteiger partial charge is 0.294 e. The Morgan fingerprint density at radius 3 is 2.53 bits per heavy atom. The molecule has 1 aromatic rings. The van der Waals surface area contributed by atoms with Gasteiger partial charge in [-0.15, -0.1) is 0 Å². The summed E-state index contributed by atoms with van der Waals surface area (Å²) in [7, 11) is 0. The first kappa shape index (κ1) is 13.8. The number of rotatable bonds is 7. The summed E-state index contributed by atoms with van der Waals surface area (Å²) in [4.78, 5) is 12.0. The topological polar surface area (TPSA) is 42.9 Å². The maximum Gasteiger partial charge on any atom is 0.164 e. The lowest BCUT2D eigenvalue weighted by Gasteiger charge is -2.04. The molecule has 0 saturated heterocycles. The van der Waals surface area contributed by atoms with E-state index in [0.29, 0.717) is 6.42 Å². The first-order valence-electron chi connectivity index (χ1n) is 6.49. The van der Waals surface area contributed by atoms with Crippen LogP contribution in [-0.2, 0) is 0 Å². The van der Waals surface area contributed by atoms with Crippen molar-refractivity contribution in [2.75, 3.05) is 0 Å². The number of aromatic nitrogens is 2. The van der Waals surface area contributed by atoms with Crippen molar-refractivity contribution in [2.45, 2.75) is 59.3 Å². The van der Waals surface area contributed by atoms with Gasteiger partial charge in [0.25, 0.3) is 0 Å². The van der Waals surface area contributed by atoms with Gasteiger partial charge in [-0.3, -0.25) is 4.79 Å². The summed E-state index contributed by atoms with van der Waals surface area (Å²) in [5.41, 5.74) is 2.30. The van der Waals surface area contributed by atoms with Crippen LogP contribution >= 0.6 is 0 Å². The third-order valence-corrected chi connectivity index (χ3v) is 2.91. The fraction of sp³-hybridized carbons (Fsp3) is 0.643. The molecule has 1 aromatic heterocycles. The molecule has 0 saturated carbocycles. The van der Waals surface area contributed by atoms with Gasteiger partial charge in [0.05, 0.1) is 11.4 Å². The molecule has 0 aliphatic carbocycles. The molecular formula is C14H22N2O. The van der Waals surface area contributed by atoms with Crippen molar-refractivity contribution in [3.63, 3.8) is 0 Å². The highest BCUT2D eigenvalue weighted by atomic mass is 16.1. The minimum absolute atomic E-state index is 0.206. The Morgan fingerprint density at radius 1 is 1.12 bits per heavy atom. The van der Waals surface area contributed by atoms with Crippen molar-refractivity contribution in [3.8, 4) is 0 Å². The molecule has 0 unspecified atom stereocenters. The van der Waals surface area contributed by atoms with Gasteiger partial charge in [0.2, 0.25) is 0 Å².